The van der Waals surface area contributed by atoms with Crippen LogP contribution in [0.2, 0.25) is 5.02 Å². The highest BCUT2D eigenvalue weighted by molar-refractivity contribution is 6.34. The lowest BCUT2D eigenvalue weighted by atomic mass is 9.75. The van der Waals surface area contributed by atoms with E-state index in [1.807, 2.05) is 29.8 Å². The van der Waals surface area contributed by atoms with E-state index in [1.54, 1.807) is 36.1 Å². The average Bonchev–Trinajstić information content (AvgIpc) is 3.48. The first-order valence-corrected chi connectivity index (χ1v) is 12.5. The summed E-state index contributed by atoms with van der Waals surface area (Å²) in [5, 5.41) is 12.4. The van der Waals surface area contributed by atoms with Gasteiger partial charge in [0.05, 0.1) is 33.0 Å². The summed E-state index contributed by atoms with van der Waals surface area (Å²) < 4.78 is 31.7. The maximum Gasteiger partial charge on any atom is 0.253 e. The van der Waals surface area contributed by atoms with Gasteiger partial charge in [0.2, 0.25) is 0 Å². The number of hydrogen-bond donors (Lipinski definition) is 1. The van der Waals surface area contributed by atoms with Gasteiger partial charge in [0.15, 0.2) is 11.6 Å². The molecule has 0 fully saturated rings. The second-order valence-corrected chi connectivity index (χ2v) is 10.1. The average molecular weight is 533 g/mol. The zero-order valence-corrected chi connectivity index (χ0v) is 21.4. The van der Waals surface area contributed by atoms with Crippen molar-refractivity contribution in [2.45, 2.75) is 38.6 Å². The Labute approximate surface area is 222 Å². The number of fused-ring (bicyclic) bond motifs is 3. The van der Waals surface area contributed by atoms with E-state index in [0.29, 0.717) is 36.3 Å². The third-order valence-corrected chi connectivity index (χ3v) is 7.44. The summed E-state index contributed by atoms with van der Waals surface area (Å²) in [6, 6.07) is 12.8. The molecule has 192 valence electrons. The number of benzene rings is 2. The Balaban J connectivity index is 1.40. The zero-order valence-electron chi connectivity index (χ0n) is 20.7. The summed E-state index contributed by atoms with van der Waals surface area (Å²) in [6.45, 7) is 3.77. The lowest BCUT2D eigenvalue weighted by molar-refractivity contribution is 0.0885. The Bertz CT molecular complexity index is 1730. The van der Waals surface area contributed by atoms with Gasteiger partial charge in [-0.3, -0.25) is 4.79 Å². The number of nitrogens with one attached hydrogen (secondary N) is 1. The third kappa shape index (κ3) is 4.12. The van der Waals surface area contributed by atoms with Crippen molar-refractivity contribution in [3.8, 4) is 5.69 Å². The number of rotatable bonds is 4. The molecule has 0 radical (unpaired) electrons. The first-order valence-electron chi connectivity index (χ1n) is 12.2. The van der Waals surface area contributed by atoms with Gasteiger partial charge in [-0.15, -0.1) is 0 Å². The van der Waals surface area contributed by atoms with E-state index < -0.39 is 23.1 Å². The molecule has 3 heterocycles. The van der Waals surface area contributed by atoms with Crippen molar-refractivity contribution in [3.63, 3.8) is 0 Å². The molecule has 1 amide bonds. The molecule has 3 aromatic heterocycles. The van der Waals surface area contributed by atoms with Gasteiger partial charge < -0.3 is 5.32 Å². The minimum atomic E-state index is -1.00. The van der Waals surface area contributed by atoms with Gasteiger partial charge in [-0.25, -0.2) is 23.0 Å². The first-order chi connectivity index (χ1) is 18.2. The fraction of sp³-hybridized carbons (Fsp3) is 0.214. The molecule has 5 aromatic rings. The highest BCUT2D eigenvalue weighted by atomic mass is 35.5. The van der Waals surface area contributed by atoms with Crippen LogP contribution in [0.25, 0.3) is 11.2 Å². The van der Waals surface area contributed by atoms with E-state index in [2.05, 4.69) is 15.4 Å². The number of carbonyl (C=O) groups is 1. The molecule has 1 unspecified atom stereocenters. The Morgan fingerprint density at radius 2 is 1.89 bits per heavy atom. The number of pyridine rings is 1. The molecule has 0 bridgehead atoms. The lowest BCUT2D eigenvalue weighted by Crippen LogP contribution is -2.49. The smallest absolute Gasteiger partial charge is 0.253 e. The van der Waals surface area contributed by atoms with Gasteiger partial charge >= 0.3 is 0 Å². The predicted molar refractivity (Wildman–Crippen MR) is 139 cm³/mol. The Hall–Kier alpha value is -4.11. The molecule has 0 aliphatic heterocycles. The molecule has 0 saturated carbocycles. The quantitative estimate of drug-likeness (QED) is 0.342. The fourth-order valence-corrected chi connectivity index (χ4v) is 5.43. The van der Waals surface area contributed by atoms with Crippen molar-refractivity contribution < 1.29 is 13.6 Å². The van der Waals surface area contributed by atoms with Crippen LogP contribution in [0.1, 0.15) is 45.0 Å². The van der Waals surface area contributed by atoms with Crippen LogP contribution in [0.15, 0.2) is 61.1 Å². The molecule has 1 atom stereocenters. The van der Waals surface area contributed by atoms with Crippen LogP contribution >= 0.6 is 11.6 Å². The molecule has 6 rings (SSSR count). The van der Waals surface area contributed by atoms with Crippen molar-refractivity contribution in [2.24, 2.45) is 0 Å². The number of hydrogen-bond acceptors (Lipinski definition) is 4. The molecule has 1 aliphatic rings. The van der Waals surface area contributed by atoms with Gasteiger partial charge in [-0.05, 0) is 74.2 Å². The minimum Gasteiger partial charge on any atom is -0.342 e. The Morgan fingerprint density at radius 1 is 1.05 bits per heavy atom. The highest BCUT2D eigenvalue weighted by Crippen LogP contribution is 2.39. The van der Waals surface area contributed by atoms with E-state index in [4.69, 9.17) is 16.7 Å². The Morgan fingerprint density at radius 3 is 2.63 bits per heavy atom. The van der Waals surface area contributed by atoms with E-state index >= 15 is 0 Å². The molecular weight excluding hydrogens is 510 g/mol. The molecule has 7 nitrogen and oxygen atoms in total. The summed E-state index contributed by atoms with van der Waals surface area (Å²) in [6.07, 6.45) is 4.88. The van der Waals surface area contributed by atoms with Crippen molar-refractivity contribution in [2.75, 3.05) is 0 Å². The number of amides is 1. The molecule has 10 heteroatoms. The Kier molecular flexibility index (Phi) is 5.75. The molecule has 0 spiro atoms. The number of aromatic nitrogens is 5. The first kappa shape index (κ1) is 24.2. The van der Waals surface area contributed by atoms with Crippen LogP contribution in [0.3, 0.4) is 0 Å². The molecule has 1 N–H and O–H groups in total. The zero-order chi connectivity index (χ0) is 26.6. The van der Waals surface area contributed by atoms with Crippen LogP contribution in [0, 0.1) is 25.5 Å². The van der Waals surface area contributed by atoms with Crippen LogP contribution in [-0.4, -0.2) is 30.3 Å². The molecular formula is C28H23ClF2N6O. The molecule has 2 aromatic carbocycles. The summed E-state index contributed by atoms with van der Waals surface area (Å²) >= 11 is 6.55. The van der Waals surface area contributed by atoms with Crippen molar-refractivity contribution in [3.05, 3.63) is 111 Å². The number of aryl methyl sites for hydroxylation is 3. The van der Waals surface area contributed by atoms with Crippen molar-refractivity contribution in [1.82, 2.24) is 29.7 Å². The summed E-state index contributed by atoms with van der Waals surface area (Å²) in [5.41, 5.74) is 4.26. The SMILES string of the molecule is Cc1ccc2c3c(nn2c1)CCC(NC(=O)c1ccc(-n2cnc(C)n2)cc1Cl)(c1ccc(F)c(F)c1)C3. The maximum atomic E-state index is 14.4. The van der Waals surface area contributed by atoms with Crippen LogP contribution in [0.4, 0.5) is 8.78 Å². The number of carbonyl (C=O) groups excluding carboxylic acids is 1. The fourth-order valence-electron chi connectivity index (χ4n) is 5.17. The summed E-state index contributed by atoms with van der Waals surface area (Å²) in [4.78, 5) is 17.8. The van der Waals surface area contributed by atoms with E-state index in [-0.39, 0.29) is 10.6 Å². The predicted octanol–water partition coefficient (Wildman–Crippen LogP) is 5.28. The van der Waals surface area contributed by atoms with Crippen LogP contribution in [-0.2, 0) is 18.4 Å². The van der Waals surface area contributed by atoms with Crippen LogP contribution in [0.5, 0.6) is 0 Å². The molecule has 1 aliphatic carbocycles. The summed E-state index contributed by atoms with van der Waals surface area (Å²) in [7, 11) is 0. The molecule has 0 saturated heterocycles. The van der Waals surface area contributed by atoms with Gasteiger partial charge in [0.25, 0.3) is 5.91 Å². The number of halogens is 3. The van der Waals surface area contributed by atoms with Gasteiger partial charge in [0, 0.05) is 18.2 Å². The van der Waals surface area contributed by atoms with E-state index in [9.17, 15) is 13.6 Å². The van der Waals surface area contributed by atoms with E-state index in [0.717, 1.165) is 34.5 Å². The second kappa shape index (κ2) is 9.02. The lowest BCUT2D eigenvalue weighted by Gasteiger charge is -2.38. The maximum absolute atomic E-state index is 14.4. The largest absolute Gasteiger partial charge is 0.342 e. The van der Waals surface area contributed by atoms with Gasteiger partial charge in [0.1, 0.15) is 12.2 Å². The van der Waals surface area contributed by atoms with Crippen molar-refractivity contribution in [1.29, 1.82) is 0 Å². The highest BCUT2D eigenvalue weighted by Gasteiger charge is 2.40. The third-order valence-electron chi connectivity index (χ3n) is 7.12. The second-order valence-electron chi connectivity index (χ2n) is 9.70. The minimum absolute atomic E-state index is 0.233. The number of nitrogens with zero attached hydrogens (tertiary/aromatic N) is 5. The normalized spacial score (nSPS) is 17.0. The summed E-state index contributed by atoms with van der Waals surface area (Å²) in [5.74, 6) is -1.73. The van der Waals surface area contributed by atoms with Crippen molar-refractivity contribution >= 4 is 23.0 Å². The monoisotopic (exact) mass is 532 g/mol. The van der Waals surface area contributed by atoms with E-state index in [1.165, 1.54) is 6.07 Å². The van der Waals surface area contributed by atoms with Crippen LogP contribution < -0.4 is 5.32 Å². The van der Waals surface area contributed by atoms with Gasteiger partial charge in [-0.2, -0.15) is 10.2 Å². The topological polar surface area (TPSA) is 77.1 Å². The standard InChI is InChI=1S/C28H23ClF2N6O/c1-16-3-8-26-21-13-28(10-9-25(21)35-36(26)14-16,18-4-7-23(30)24(31)11-18)33-27(38)20-6-5-19(12-22(20)29)37-15-32-17(2)34-37/h3-8,11-12,14-15H,9-10,13H2,1-2H3,(H,33,38). The molecule has 38 heavy (non-hydrogen) atoms. The van der Waals surface area contributed by atoms with Gasteiger partial charge in [-0.1, -0.05) is 23.7 Å².